The van der Waals surface area contributed by atoms with Crippen LogP contribution in [0.15, 0.2) is 24.3 Å². The predicted molar refractivity (Wildman–Crippen MR) is 61.9 cm³/mol. The fourth-order valence-corrected chi connectivity index (χ4v) is 2.24. The molecular weight excluding hydrogens is 243 g/mol. The fraction of sp³-hybridized carbons (Fsp3) is 0.538. The van der Waals surface area contributed by atoms with Gasteiger partial charge in [0.25, 0.3) is 0 Å². The van der Waals surface area contributed by atoms with E-state index in [1.54, 1.807) is 0 Å². The van der Waals surface area contributed by atoms with Crippen molar-refractivity contribution in [3.63, 3.8) is 0 Å². The van der Waals surface area contributed by atoms with Crippen LogP contribution < -0.4 is 5.73 Å². The molecule has 1 aromatic carbocycles. The van der Waals surface area contributed by atoms with Crippen molar-refractivity contribution in [2.75, 3.05) is 13.2 Å². The van der Waals surface area contributed by atoms with E-state index in [0.29, 0.717) is 13.2 Å². The van der Waals surface area contributed by atoms with Crippen molar-refractivity contribution in [1.29, 1.82) is 0 Å². The first-order valence-electron chi connectivity index (χ1n) is 5.99. The molecule has 0 spiro atoms. The lowest BCUT2D eigenvalue weighted by Crippen LogP contribution is -2.27. The van der Waals surface area contributed by atoms with Crippen LogP contribution in [0, 0.1) is 5.92 Å². The molecule has 18 heavy (non-hydrogen) atoms. The number of alkyl halides is 3. The summed E-state index contributed by atoms with van der Waals surface area (Å²) in [6, 6.07) is 4.92. The van der Waals surface area contributed by atoms with Crippen molar-refractivity contribution >= 4 is 0 Å². The minimum atomic E-state index is -4.29. The van der Waals surface area contributed by atoms with Gasteiger partial charge in [0.1, 0.15) is 0 Å². The number of nitrogens with two attached hydrogens (primary N) is 1. The van der Waals surface area contributed by atoms with E-state index in [9.17, 15) is 13.2 Å². The van der Waals surface area contributed by atoms with Gasteiger partial charge in [0.05, 0.1) is 5.56 Å². The molecule has 5 heteroatoms. The van der Waals surface area contributed by atoms with Gasteiger partial charge in [-0.15, -0.1) is 0 Å². The summed E-state index contributed by atoms with van der Waals surface area (Å²) < 4.78 is 42.5. The van der Waals surface area contributed by atoms with Crippen molar-refractivity contribution < 1.29 is 17.9 Å². The second kappa shape index (κ2) is 5.28. The first-order chi connectivity index (χ1) is 8.48. The summed E-state index contributed by atoms with van der Waals surface area (Å²) in [6.45, 7) is 1.36. The molecule has 1 unspecified atom stereocenters. The molecule has 100 valence electrons. The molecule has 2 N–H and O–H groups in total. The number of halogens is 3. The summed E-state index contributed by atoms with van der Waals surface area (Å²) in [6.07, 6.45) is -2.56. The highest BCUT2D eigenvalue weighted by Crippen LogP contribution is 2.32. The van der Waals surface area contributed by atoms with Crippen LogP contribution in [0.4, 0.5) is 13.2 Å². The average molecular weight is 259 g/mol. The van der Waals surface area contributed by atoms with Crippen LogP contribution in [0.25, 0.3) is 0 Å². The Bertz CT molecular complexity index is 382. The van der Waals surface area contributed by atoms with Gasteiger partial charge in [0.2, 0.25) is 0 Å². The predicted octanol–water partition coefficient (Wildman–Crippen LogP) is 3.13. The van der Waals surface area contributed by atoms with Gasteiger partial charge in [-0.05, 0) is 36.5 Å². The zero-order valence-corrected chi connectivity index (χ0v) is 9.91. The first-order valence-corrected chi connectivity index (χ1v) is 5.99. The average Bonchev–Trinajstić information content (AvgIpc) is 2.38. The molecule has 0 aromatic heterocycles. The molecule has 1 fully saturated rings. The highest BCUT2D eigenvalue weighted by atomic mass is 19.4. The minimum absolute atomic E-state index is 0.212. The van der Waals surface area contributed by atoms with Crippen LogP contribution >= 0.6 is 0 Å². The zero-order chi connectivity index (χ0) is 13.2. The van der Waals surface area contributed by atoms with Crippen molar-refractivity contribution in [3.05, 3.63) is 35.4 Å². The third kappa shape index (κ3) is 3.03. The van der Waals surface area contributed by atoms with Gasteiger partial charge in [-0.3, -0.25) is 0 Å². The Morgan fingerprint density at radius 2 is 1.67 bits per heavy atom. The zero-order valence-electron chi connectivity index (χ0n) is 9.91. The Morgan fingerprint density at radius 3 is 2.17 bits per heavy atom. The van der Waals surface area contributed by atoms with Crippen LogP contribution in [-0.4, -0.2) is 13.2 Å². The molecule has 1 saturated heterocycles. The quantitative estimate of drug-likeness (QED) is 0.885. The first kappa shape index (κ1) is 13.4. The maximum Gasteiger partial charge on any atom is 0.416 e. The van der Waals surface area contributed by atoms with E-state index in [0.717, 1.165) is 30.5 Å². The number of rotatable bonds is 2. The van der Waals surface area contributed by atoms with Gasteiger partial charge >= 0.3 is 6.18 Å². The van der Waals surface area contributed by atoms with Gasteiger partial charge in [0, 0.05) is 19.3 Å². The summed E-state index contributed by atoms with van der Waals surface area (Å²) in [5.74, 6) is 0.287. The molecule has 2 rings (SSSR count). The summed E-state index contributed by atoms with van der Waals surface area (Å²) in [7, 11) is 0. The second-order valence-corrected chi connectivity index (χ2v) is 4.60. The summed E-state index contributed by atoms with van der Waals surface area (Å²) >= 11 is 0. The van der Waals surface area contributed by atoms with E-state index in [1.807, 2.05) is 0 Å². The number of hydrogen-bond acceptors (Lipinski definition) is 2. The highest BCUT2D eigenvalue weighted by molar-refractivity contribution is 5.27. The Hall–Kier alpha value is -1.07. The molecule has 0 saturated carbocycles. The number of ether oxygens (including phenoxy) is 1. The van der Waals surface area contributed by atoms with Crippen LogP contribution in [0.5, 0.6) is 0 Å². The van der Waals surface area contributed by atoms with Crippen LogP contribution in [0.2, 0.25) is 0 Å². The molecule has 0 amide bonds. The van der Waals surface area contributed by atoms with E-state index >= 15 is 0 Å². The maximum absolute atomic E-state index is 12.4. The summed E-state index contributed by atoms with van der Waals surface area (Å²) in [5, 5.41) is 0. The van der Waals surface area contributed by atoms with E-state index in [2.05, 4.69) is 0 Å². The maximum atomic E-state index is 12.4. The molecule has 1 atom stereocenters. The SMILES string of the molecule is NC(c1ccc(C(F)(F)F)cc1)C1CCOCC1. The Balaban J connectivity index is 2.09. The van der Waals surface area contributed by atoms with E-state index in [-0.39, 0.29) is 12.0 Å². The van der Waals surface area contributed by atoms with Gasteiger partial charge in [0.15, 0.2) is 0 Å². The third-order valence-electron chi connectivity index (χ3n) is 3.40. The molecule has 1 heterocycles. The molecular formula is C13H16F3NO. The molecule has 2 nitrogen and oxygen atoms in total. The smallest absolute Gasteiger partial charge is 0.381 e. The number of hydrogen-bond donors (Lipinski definition) is 1. The fourth-order valence-electron chi connectivity index (χ4n) is 2.24. The van der Waals surface area contributed by atoms with Crippen molar-refractivity contribution in [2.45, 2.75) is 25.1 Å². The lowest BCUT2D eigenvalue weighted by Gasteiger charge is -2.28. The molecule has 1 aromatic rings. The lowest BCUT2D eigenvalue weighted by atomic mass is 9.87. The molecule has 0 aliphatic carbocycles. The van der Waals surface area contributed by atoms with Gasteiger partial charge in [-0.1, -0.05) is 12.1 Å². The molecule has 1 aliphatic rings. The second-order valence-electron chi connectivity index (χ2n) is 4.60. The van der Waals surface area contributed by atoms with Crippen LogP contribution in [0.3, 0.4) is 0 Å². The Kier molecular flexibility index (Phi) is 3.92. The largest absolute Gasteiger partial charge is 0.416 e. The molecule has 0 radical (unpaired) electrons. The highest BCUT2D eigenvalue weighted by Gasteiger charge is 2.30. The minimum Gasteiger partial charge on any atom is -0.381 e. The Morgan fingerprint density at radius 1 is 1.11 bits per heavy atom. The van der Waals surface area contributed by atoms with Gasteiger partial charge in [-0.25, -0.2) is 0 Å². The standard InChI is InChI=1S/C13H16F3NO/c14-13(15,16)11-3-1-9(2-4-11)12(17)10-5-7-18-8-6-10/h1-4,10,12H,5-8,17H2. The van der Waals surface area contributed by atoms with Crippen molar-refractivity contribution in [2.24, 2.45) is 11.7 Å². The van der Waals surface area contributed by atoms with Crippen molar-refractivity contribution in [3.8, 4) is 0 Å². The molecule has 0 bridgehead atoms. The van der Waals surface area contributed by atoms with Crippen LogP contribution in [0.1, 0.15) is 30.0 Å². The van der Waals surface area contributed by atoms with E-state index in [1.165, 1.54) is 12.1 Å². The van der Waals surface area contributed by atoms with Gasteiger partial charge < -0.3 is 10.5 Å². The topological polar surface area (TPSA) is 35.2 Å². The van der Waals surface area contributed by atoms with Gasteiger partial charge in [-0.2, -0.15) is 13.2 Å². The van der Waals surface area contributed by atoms with E-state index in [4.69, 9.17) is 10.5 Å². The molecule has 1 aliphatic heterocycles. The van der Waals surface area contributed by atoms with E-state index < -0.39 is 11.7 Å². The summed E-state index contributed by atoms with van der Waals surface area (Å²) in [4.78, 5) is 0. The number of benzene rings is 1. The normalized spacial score (nSPS) is 19.8. The Labute approximate surface area is 104 Å². The third-order valence-corrected chi connectivity index (χ3v) is 3.40. The monoisotopic (exact) mass is 259 g/mol. The lowest BCUT2D eigenvalue weighted by molar-refractivity contribution is -0.137. The summed E-state index contributed by atoms with van der Waals surface area (Å²) in [5.41, 5.74) is 6.22. The van der Waals surface area contributed by atoms with Crippen LogP contribution in [-0.2, 0) is 10.9 Å². The van der Waals surface area contributed by atoms with Crippen molar-refractivity contribution in [1.82, 2.24) is 0 Å².